The highest BCUT2D eigenvalue weighted by molar-refractivity contribution is 5.72. The fourth-order valence-electron chi connectivity index (χ4n) is 2.49. The van der Waals surface area contributed by atoms with Gasteiger partial charge in [0.15, 0.2) is 0 Å². The van der Waals surface area contributed by atoms with Gasteiger partial charge in [-0.15, -0.1) is 0 Å². The number of pyridine rings is 1. The number of hydrogen-bond donors (Lipinski definition) is 1. The number of rotatable bonds is 3. The molecule has 1 aromatic rings. The summed E-state index contributed by atoms with van der Waals surface area (Å²) >= 11 is 0. The van der Waals surface area contributed by atoms with Crippen LogP contribution in [0.2, 0.25) is 0 Å². The van der Waals surface area contributed by atoms with E-state index in [9.17, 15) is 9.90 Å². The second-order valence-corrected chi connectivity index (χ2v) is 4.77. The van der Waals surface area contributed by atoms with Crippen molar-refractivity contribution in [2.75, 3.05) is 6.61 Å². The maximum absolute atomic E-state index is 11.6. The number of aromatic nitrogens is 1. The summed E-state index contributed by atoms with van der Waals surface area (Å²) in [7, 11) is 0. The van der Waals surface area contributed by atoms with Gasteiger partial charge in [-0.1, -0.05) is 6.07 Å². The predicted molar refractivity (Wildman–Crippen MR) is 66.7 cm³/mol. The number of nitrogens with zero attached hydrogens (tertiary/aromatic N) is 1. The molecule has 1 heterocycles. The van der Waals surface area contributed by atoms with Gasteiger partial charge in [0, 0.05) is 6.20 Å². The van der Waals surface area contributed by atoms with E-state index in [4.69, 9.17) is 4.74 Å². The molecule has 18 heavy (non-hydrogen) atoms. The van der Waals surface area contributed by atoms with E-state index in [1.54, 1.807) is 6.20 Å². The number of carbonyl (C=O) groups is 1. The molecular weight excluding hydrogens is 230 g/mol. The van der Waals surface area contributed by atoms with E-state index in [0.29, 0.717) is 38.0 Å². The van der Waals surface area contributed by atoms with Crippen molar-refractivity contribution in [2.45, 2.75) is 38.2 Å². The van der Waals surface area contributed by atoms with E-state index in [1.807, 2.05) is 25.1 Å². The highest BCUT2D eigenvalue weighted by atomic mass is 16.5. The van der Waals surface area contributed by atoms with Gasteiger partial charge in [-0.25, -0.2) is 0 Å². The Kier molecular flexibility index (Phi) is 3.97. The molecule has 1 aliphatic rings. The number of ether oxygens (including phenoxy) is 1. The van der Waals surface area contributed by atoms with Gasteiger partial charge >= 0.3 is 5.97 Å². The summed E-state index contributed by atoms with van der Waals surface area (Å²) in [6, 6.07) is 5.54. The standard InChI is InChI=1S/C14H19NO3/c1-2-18-13(16)11-6-8-14(17,9-7-11)12-5-3-4-10-15-12/h3-5,10-11,17H,2,6-9H2,1H3. The SMILES string of the molecule is CCOC(=O)C1CCC(O)(c2ccccn2)CC1. The zero-order chi connectivity index (χ0) is 13.0. The minimum absolute atomic E-state index is 0.0751. The van der Waals surface area contributed by atoms with Gasteiger partial charge < -0.3 is 9.84 Å². The fourth-order valence-corrected chi connectivity index (χ4v) is 2.49. The normalized spacial score (nSPS) is 27.8. The number of aliphatic hydroxyl groups is 1. The Morgan fingerprint density at radius 3 is 2.78 bits per heavy atom. The molecule has 1 aliphatic carbocycles. The molecule has 0 unspecified atom stereocenters. The van der Waals surface area contributed by atoms with Crippen LogP contribution in [0.5, 0.6) is 0 Å². The summed E-state index contributed by atoms with van der Waals surface area (Å²) in [5, 5.41) is 10.6. The average Bonchev–Trinajstić information content (AvgIpc) is 2.41. The zero-order valence-corrected chi connectivity index (χ0v) is 10.6. The Morgan fingerprint density at radius 2 is 2.22 bits per heavy atom. The fraction of sp³-hybridized carbons (Fsp3) is 0.571. The molecule has 4 nitrogen and oxygen atoms in total. The first-order valence-corrected chi connectivity index (χ1v) is 6.46. The molecule has 1 aromatic heterocycles. The lowest BCUT2D eigenvalue weighted by atomic mass is 9.77. The summed E-state index contributed by atoms with van der Waals surface area (Å²) in [4.78, 5) is 15.8. The molecule has 0 amide bonds. The van der Waals surface area contributed by atoms with Crippen molar-refractivity contribution in [3.63, 3.8) is 0 Å². The van der Waals surface area contributed by atoms with Gasteiger partial charge in [0.2, 0.25) is 0 Å². The highest BCUT2D eigenvalue weighted by Gasteiger charge is 2.38. The van der Waals surface area contributed by atoms with Gasteiger partial charge in [0.1, 0.15) is 5.60 Å². The van der Waals surface area contributed by atoms with Gasteiger partial charge in [0.25, 0.3) is 0 Å². The van der Waals surface area contributed by atoms with E-state index in [0.717, 1.165) is 0 Å². The molecule has 0 aromatic carbocycles. The Balaban J connectivity index is 1.99. The van der Waals surface area contributed by atoms with Crippen molar-refractivity contribution in [2.24, 2.45) is 5.92 Å². The third-order valence-electron chi connectivity index (χ3n) is 3.57. The number of carbonyl (C=O) groups excluding carboxylic acids is 1. The van der Waals surface area contributed by atoms with Crippen LogP contribution in [0.25, 0.3) is 0 Å². The van der Waals surface area contributed by atoms with Crippen LogP contribution in [0.4, 0.5) is 0 Å². The molecular formula is C14H19NO3. The maximum atomic E-state index is 11.6. The lowest BCUT2D eigenvalue weighted by Crippen LogP contribution is -2.35. The van der Waals surface area contributed by atoms with Gasteiger partial charge in [-0.3, -0.25) is 9.78 Å². The molecule has 2 rings (SSSR count). The second kappa shape index (κ2) is 5.48. The first-order chi connectivity index (χ1) is 8.65. The second-order valence-electron chi connectivity index (χ2n) is 4.77. The van der Waals surface area contributed by atoms with E-state index < -0.39 is 5.60 Å². The van der Waals surface area contributed by atoms with E-state index in [1.165, 1.54) is 0 Å². The van der Waals surface area contributed by atoms with Gasteiger partial charge in [-0.05, 0) is 44.7 Å². The van der Waals surface area contributed by atoms with Crippen molar-refractivity contribution < 1.29 is 14.6 Å². The molecule has 0 saturated heterocycles. The van der Waals surface area contributed by atoms with E-state index in [-0.39, 0.29) is 11.9 Å². The van der Waals surface area contributed by atoms with E-state index in [2.05, 4.69) is 4.98 Å². The van der Waals surface area contributed by atoms with Crippen LogP contribution in [-0.2, 0) is 15.1 Å². The minimum atomic E-state index is -0.885. The molecule has 0 aliphatic heterocycles. The average molecular weight is 249 g/mol. The summed E-state index contributed by atoms with van der Waals surface area (Å²) in [6.07, 6.45) is 4.13. The van der Waals surface area contributed by atoms with Crippen LogP contribution < -0.4 is 0 Å². The number of esters is 1. The molecule has 1 saturated carbocycles. The minimum Gasteiger partial charge on any atom is -0.466 e. The Hall–Kier alpha value is -1.42. The molecule has 0 atom stereocenters. The predicted octanol–water partition coefficient (Wildman–Crippen LogP) is 2.02. The van der Waals surface area contributed by atoms with Crippen LogP contribution in [0, 0.1) is 5.92 Å². The van der Waals surface area contributed by atoms with Crippen molar-refractivity contribution >= 4 is 5.97 Å². The third-order valence-corrected chi connectivity index (χ3v) is 3.57. The number of hydrogen-bond acceptors (Lipinski definition) is 4. The van der Waals surface area contributed by atoms with Gasteiger partial charge in [-0.2, -0.15) is 0 Å². The molecule has 0 radical (unpaired) electrons. The zero-order valence-electron chi connectivity index (χ0n) is 10.6. The quantitative estimate of drug-likeness (QED) is 0.833. The van der Waals surface area contributed by atoms with Crippen LogP contribution in [-0.4, -0.2) is 22.7 Å². The third kappa shape index (κ3) is 2.70. The van der Waals surface area contributed by atoms with Crippen molar-refractivity contribution in [3.8, 4) is 0 Å². The first-order valence-electron chi connectivity index (χ1n) is 6.46. The smallest absolute Gasteiger partial charge is 0.308 e. The summed E-state index contributed by atoms with van der Waals surface area (Å²) in [5.41, 5.74) is -0.183. The molecule has 0 spiro atoms. The Bertz CT molecular complexity index is 397. The monoisotopic (exact) mass is 249 g/mol. The van der Waals surface area contributed by atoms with Crippen LogP contribution >= 0.6 is 0 Å². The van der Waals surface area contributed by atoms with E-state index >= 15 is 0 Å². The Labute approximate surface area is 107 Å². The van der Waals surface area contributed by atoms with Crippen molar-refractivity contribution in [1.29, 1.82) is 0 Å². The summed E-state index contributed by atoms with van der Waals surface area (Å²) in [5.74, 6) is -0.213. The molecule has 4 heteroatoms. The molecule has 1 N–H and O–H groups in total. The largest absolute Gasteiger partial charge is 0.466 e. The van der Waals surface area contributed by atoms with Crippen LogP contribution in [0.15, 0.2) is 24.4 Å². The van der Waals surface area contributed by atoms with Gasteiger partial charge in [0.05, 0.1) is 18.2 Å². The summed E-state index contributed by atoms with van der Waals surface area (Å²) < 4.78 is 5.02. The van der Waals surface area contributed by atoms with Crippen molar-refractivity contribution in [1.82, 2.24) is 4.98 Å². The molecule has 98 valence electrons. The van der Waals surface area contributed by atoms with Crippen LogP contribution in [0.1, 0.15) is 38.3 Å². The Morgan fingerprint density at radius 1 is 1.50 bits per heavy atom. The van der Waals surface area contributed by atoms with Crippen molar-refractivity contribution in [3.05, 3.63) is 30.1 Å². The lowest BCUT2D eigenvalue weighted by Gasteiger charge is -2.34. The maximum Gasteiger partial charge on any atom is 0.308 e. The highest BCUT2D eigenvalue weighted by Crippen LogP contribution is 2.38. The summed E-state index contributed by atoms with van der Waals surface area (Å²) in [6.45, 7) is 2.23. The molecule has 1 fully saturated rings. The topological polar surface area (TPSA) is 59.4 Å². The lowest BCUT2D eigenvalue weighted by molar-refractivity contribution is -0.151. The molecule has 0 bridgehead atoms. The first kappa shape index (κ1) is 13.0. The van der Waals surface area contributed by atoms with Crippen LogP contribution in [0.3, 0.4) is 0 Å².